The highest BCUT2D eigenvalue weighted by Gasteiger charge is 2.24. The molecule has 6 N–H and O–H groups in total. The Hall–Kier alpha value is -4.23. The minimum Gasteiger partial charge on any atom is -0.504 e. The third-order valence-corrected chi connectivity index (χ3v) is 5.56. The van der Waals surface area contributed by atoms with Crippen molar-refractivity contribution < 1.29 is 54.1 Å². The van der Waals surface area contributed by atoms with Gasteiger partial charge in [-0.05, 0) is 47.7 Å². The average molecular weight is 551 g/mol. The van der Waals surface area contributed by atoms with E-state index in [0.29, 0.717) is 11.1 Å². The summed E-state index contributed by atoms with van der Waals surface area (Å²) in [6, 6.07) is 6.67. The molecule has 3 atom stereocenters. The molecule has 0 saturated carbocycles. The number of hydrogen-bond acceptors (Lipinski definition) is 11. The van der Waals surface area contributed by atoms with Crippen LogP contribution in [0.2, 0.25) is 0 Å². The SMILES string of the molecule is COOCC(Cc1ccc(O)c(O)c1)NC(=O)CC(C)COC(=O)NC(Cc1ccc(O)c(O)c1)C(=O)OC. The molecule has 0 saturated heterocycles. The van der Waals surface area contributed by atoms with E-state index in [1.165, 1.54) is 37.4 Å². The first-order valence-electron chi connectivity index (χ1n) is 12.0. The number of ether oxygens (including phenoxy) is 2. The molecule has 2 aromatic rings. The number of hydrogen-bond donors (Lipinski definition) is 6. The van der Waals surface area contributed by atoms with Gasteiger partial charge in [-0.3, -0.25) is 4.79 Å². The van der Waals surface area contributed by atoms with Crippen LogP contribution in [0.5, 0.6) is 23.0 Å². The number of phenols is 4. The molecule has 0 radical (unpaired) electrons. The number of carbonyl (C=O) groups is 3. The maximum atomic E-state index is 12.6. The van der Waals surface area contributed by atoms with Crippen molar-refractivity contribution in [2.45, 2.75) is 38.3 Å². The number of methoxy groups -OCH3 is 1. The zero-order valence-corrected chi connectivity index (χ0v) is 21.9. The van der Waals surface area contributed by atoms with E-state index < -0.39 is 24.1 Å². The molecule has 214 valence electrons. The summed E-state index contributed by atoms with van der Waals surface area (Å²) in [7, 11) is 2.49. The predicted molar refractivity (Wildman–Crippen MR) is 136 cm³/mol. The van der Waals surface area contributed by atoms with Gasteiger partial charge < -0.3 is 40.5 Å². The van der Waals surface area contributed by atoms with Crippen LogP contribution in [0.1, 0.15) is 24.5 Å². The Labute approximate surface area is 225 Å². The Bertz CT molecular complexity index is 1130. The summed E-state index contributed by atoms with van der Waals surface area (Å²) < 4.78 is 9.89. The van der Waals surface area contributed by atoms with E-state index in [1.807, 2.05) is 0 Å². The van der Waals surface area contributed by atoms with Crippen molar-refractivity contribution in [1.29, 1.82) is 0 Å². The fourth-order valence-electron chi connectivity index (χ4n) is 3.61. The molecule has 2 amide bonds. The molecule has 0 fully saturated rings. The quantitative estimate of drug-likeness (QED) is 0.0867. The summed E-state index contributed by atoms with van der Waals surface area (Å²) in [6.07, 6.45) is -0.648. The van der Waals surface area contributed by atoms with E-state index >= 15 is 0 Å². The second kappa shape index (κ2) is 15.2. The van der Waals surface area contributed by atoms with Crippen LogP contribution in [0.3, 0.4) is 0 Å². The zero-order valence-electron chi connectivity index (χ0n) is 21.9. The van der Waals surface area contributed by atoms with Crippen molar-refractivity contribution in [2.75, 3.05) is 27.4 Å². The lowest BCUT2D eigenvalue weighted by Gasteiger charge is -2.20. The molecular formula is C26H34N2O11. The van der Waals surface area contributed by atoms with Crippen LogP contribution in [-0.2, 0) is 41.7 Å². The number of aromatic hydroxyl groups is 4. The van der Waals surface area contributed by atoms with Gasteiger partial charge in [-0.2, -0.15) is 0 Å². The van der Waals surface area contributed by atoms with Gasteiger partial charge >= 0.3 is 12.1 Å². The standard InChI is InChI=1S/C26H34N2O11/c1-15(8-24(33)27-18(14-39-37-3)9-16-4-6-20(29)22(31)11-16)13-38-26(35)28-19(25(34)36-2)10-17-5-7-21(30)23(32)12-17/h4-7,11-12,15,18-19,29-32H,8-10,13-14H2,1-3H3,(H,27,33)(H,28,35). The molecule has 3 unspecified atom stereocenters. The number of phenolic OH excluding ortho intramolecular Hbond substituents is 4. The minimum absolute atomic E-state index is 0.00477. The largest absolute Gasteiger partial charge is 0.504 e. The Kier molecular flexibility index (Phi) is 12.1. The molecule has 39 heavy (non-hydrogen) atoms. The van der Waals surface area contributed by atoms with E-state index in [0.717, 1.165) is 7.11 Å². The van der Waals surface area contributed by atoms with Crippen LogP contribution in [0.4, 0.5) is 4.79 Å². The van der Waals surface area contributed by atoms with Crippen LogP contribution in [0, 0.1) is 5.92 Å². The minimum atomic E-state index is -1.12. The Balaban J connectivity index is 1.87. The highest BCUT2D eigenvalue weighted by Crippen LogP contribution is 2.26. The molecule has 13 heteroatoms. The van der Waals surface area contributed by atoms with Crippen LogP contribution >= 0.6 is 0 Å². The van der Waals surface area contributed by atoms with Gasteiger partial charge in [0.25, 0.3) is 0 Å². The van der Waals surface area contributed by atoms with Gasteiger partial charge in [-0.1, -0.05) is 19.1 Å². The summed E-state index contributed by atoms with van der Waals surface area (Å²) in [6.45, 7) is 1.59. The molecule has 0 aliphatic heterocycles. The fourth-order valence-corrected chi connectivity index (χ4v) is 3.61. The maximum Gasteiger partial charge on any atom is 0.407 e. The number of esters is 1. The highest BCUT2D eigenvalue weighted by atomic mass is 17.2. The summed E-state index contributed by atoms with van der Waals surface area (Å²) in [5, 5.41) is 43.5. The maximum absolute atomic E-state index is 12.6. The van der Waals surface area contributed by atoms with E-state index in [-0.39, 0.29) is 67.3 Å². The lowest BCUT2D eigenvalue weighted by Crippen LogP contribution is -2.44. The van der Waals surface area contributed by atoms with Gasteiger partial charge in [-0.15, -0.1) is 0 Å². The van der Waals surface area contributed by atoms with Gasteiger partial charge in [0.15, 0.2) is 23.0 Å². The predicted octanol–water partition coefficient (Wildman–Crippen LogP) is 1.65. The Morgan fingerprint density at radius 2 is 1.41 bits per heavy atom. The van der Waals surface area contributed by atoms with E-state index in [9.17, 15) is 34.8 Å². The second-order valence-electron chi connectivity index (χ2n) is 8.90. The lowest BCUT2D eigenvalue weighted by atomic mass is 10.0. The van der Waals surface area contributed by atoms with Crippen LogP contribution in [0.15, 0.2) is 36.4 Å². The summed E-state index contributed by atoms with van der Waals surface area (Å²) in [5.41, 5.74) is 1.10. The van der Waals surface area contributed by atoms with Crippen molar-refractivity contribution >= 4 is 18.0 Å². The lowest BCUT2D eigenvalue weighted by molar-refractivity contribution is -0.275. The van der Waals surface area contributed by atoms with Crippen molar-refractivity contribution in [1.82, 2.24) is 10.6 Å². The number of nitrogens with one attached hydrogen (secondary N) is 2. The summed E-state index contributed by atoms with van der Waals surface area (Å²) >= 11 is 0. The number of alkyl carbamates (subject to hydrolysis) is 1. The van der Waals surface area contributed by atoms with Crippen molar-refractivity contribution in [3.05, 3.63) is 47.5 Å². The first-order valence-corrected chi connectivity index (χ1v) is 12.0. The number of benzene rings is 2. The van der Waals surface area contributed by atoms with Gasteiger partial charge in [0, 0.05) is 12.8 Å². The normalized spacial score (nSPS) is 13.1. The van der Waals surface area contributed by atoms with Crippen LogP contribution in [0.25, 0.3) is 0 Å². The van der Waals surface area contributed by atoms with E-state index in [2.05, 4.69) is 15.5 Å². The molecule has 0 bridgehead atoms. The third-order valence-electron chi connectivity index (χ3n) is 5.56. The van der Waals surface area contributed by atoms with Gasteiger partial charge in [0.2, 0.25) is 5.91 Å². The molecule has 13 nitrogen and oxygen atoms in total. The average Bonchev–Trinajstić information content (AvgIpc) is 2.89. The van der Waals surface area contributed by atoms with E-state index in [1.54, 1.807) is 13.0 Å². The molecule has 0 heterocycles. The first kappa shape index (κ1) is 31.0. The van der Waals surface area contributed by atoms with Crippen molar-refractivity contribution in [2.24, 2.45) is 5.92 Å². The van der Waals surface area contributed by atoms with Gasteiger partial charge in [0.05, 0.1) is 26.9 Å². The molecule has 0 aliphatic carbocycles. The zero-order chi connectivity index (χ0) is 28.9. The molecule has 0 aromatic heterocycles. The topological polar surface area (TPSA) is 193 Å². The number of amides is 2. The molecule has 2 rings (SSSR count). The van der Waals surface area contributed by atoms with E-state index in [4.69, 9.17) is 14.4 Å². The first-order chi connectivity index (χ1) is 18.5. The number of rotatable bonds is 14. The monoisotopic (exact) mass is 550 g/mol. The number of carbonyl (C=O) groups excluding carboxylic acids is 3. The third kappa shape index (κ3) is 10.6. The van der Waals surface area contributed by atoms with Gasteiger partial charge in [0.1, 0.15) is 12.6 Å². The summed E-state index contributed by atoms with van der Waals surface area (Å²) in [4.78, 5) is 46.6. The smallest absolute Gasteiger partial charge is 0.407 e. The Morgan fingerprint density at radius 3 is 1.95 bits per heavy atom. The molecular weight excluding hydrogens is 516 g/mol. The highest BCUT2D eigenvalue weighted by molar-refractivity contribution is 5.81. The van der Waals surface area contributed by atoms with Crippen LogP contribution < -0.4 is 10.6 Å². The van der Waals surface area contributed by atoms with Crippen molar-refractivity contribution in [3.63, 3.8) is 0 Å². The molecule has 0 spiro atoms. The fraction of sp³-hybridized carbons (Fsp3) is 0.423. The second-order valence-corrected chi connectivity index (χ2v) is 8.90. The van der Waals surface area contributed by atoms with Crippen LogP contribution in [-0.4, -0.2) is 77.9 Å². The van der Waals surface area contributed by atoms with Gasteiger partial charge in [-0.25, -0.2) is 19.4 Å². The Morgan fingerprint density at radius 1 is 0.821 bits per heavy atom. The molecule has 2 aromatic carbocycles. The van der Waals surface area contributed by atoms with Crippen molar-refractivity contribution in [3.8, 4) is 23.0 Å². The molecule has 0 aliphatic rings. The summed E-state index contributed by atoms with van der Waals surface area (Å²) in [5.74, 6) is -2.72.